The Morgan fingerprint density at radius 3 is 2.56 bits per heavy atom. The molecule has 1 aromatic rings. The molecule has 1 aliphatic heterocycles. The summed E-state index contributed by atoms with van der Waals surface area (Å²) in [7, 11) is -2.96. The van der Waals surface area contributed by atoms with Crippen molar-refractivity contribution in [2.75, 3.05) is 24.6 Å². The van der Waals surface area contributed by atoms with Gasteiger partial charge in [-0.25, -0.2) is 8.42 Å². The number of nitrogens with zero attached hydrogens (tertiary/aromatic N) is 1. The number of sulfone groups is 1. The molecular weight excluding hydrogens is 252 g/mol. The van der Waals surface area contributed by atoms with Gasteiger partial charge in [0.15, 0.2) is 9.84 Å². The lowest BCUT2D eigenvalue weighted by Gasteiger charge is -2.26. The van der Waals surface area contributed by atoms with E-state index in [1.165, 1.54) is 0 Å². The van der Waals surface area contributed by atoms with Crippen LogP contribution in [0.4, 0.5) is 0 Å². The molecule has 0 spiro atoms. The summed E-state index contributed by atoms with van der Waals surface area (Å²) in [6, 6.07) is 7.13. The van der Waals surface area contributed by atoms with E-state index in [0.717, 1.165) is 5.56 Å². The van der Waals surface area contributed by atoms with Crippen LogP contribution in [0, 0.1) is 0 Å². The second-order valence-corrected chi connectivity index (χ2v) is 6.65. The number of rotatable bonds is 2. The Hall–Kier alpha value is -1.40. The van der Waals surface area contributed by atoms with Crippen molar-refractivity contribution >= 4 is 15.7 Å². The number of nitrogens with two attached hydrogens (primary N) is 1. The average Bonchev–Trinajstić information content (AvgIpc) is 2.38. The maximum Gasteiger partial charge on any atom is 0.253 e. The summed E-state index contributed by atoms with van der Waals surface area (Å²) >= 11 is 0. The average molecular weight is 268 g/mol. The highest BCUT2D eigenvalue weighted by Crippen LogP contribution is 2.11. The lowest BCUT2D eigenvalue weighted by atomic mass is 10.1. The molecule has 2 rings (SSSR count). The van der Waals surface area contributed by atoms with Crippen molar-refractivity contribution in [2.24, 2.45) is 5.73 Å². The summed E-state index contributed by atoms with van der Waals surface area (Å²) in [5, 5.41) is 0. The van der Waals surface area contributed by atoms with Crippen molar-refractivity contribution < 1.29 is 13.2 Å². The summed E-state index contributed by atoms with van der Waals surface area (Å²) < 4.78 is 22.6. The van der Waals surface area contributed by atoms with Crippen LogP contribution in [0.1, 0.15) is 15.9 Å². The first-order chi connectivity index (χ1) is 8.52. The fraction of sp³-hybridized carbons (Fsp3) is 0.417. The maximum absolute atomic E-state index is 12.2. The SMILES string of the molecule is NCc1cccc(C(=O)N2CCS(=O)(=O)CC2)c1. The Kier molecular flexibility index (Phi) is 3.68. The van der Waals surface area contributed by atoms with Gasteiger partial charge in [-0.2, -0.15) is 0 Å². The van der Waals surface area contributed by atoms with Crippen LogP contribution in [0.2, 0.25) is 0 Å². The summed E-state index contributed by atoms with van der Waals surface area (Å²) in [6.07, 6.45) is 0. The number of carbonyl (C=O) groups is 1. The van der Waals surface area contributed by atoms with Gasteiger partial charge in [-0.15, -0.1) is 0 Å². The van der Waals surface area contributed by atoms with E-state index in [4.69, 9.17) is 5.73 Å². The van der Waals surface area contributed by atoms with Crippen LogP contribution < -0.4 is 5.73 Å². The van der Waals surface area contributed by atoms with E-state index < -0.39 is 9.84 Å². The van der Waals surface area contributed by atoms with Gasteiger partial charge in [-0.05, 0) is 17.7 Å². The second kappa shape index (κ2) is 5.07. The van der Waals surface area contributed by atoms with Crippen LogP contribution in [0.3, 0.4) is 0 Å². The molecule has 0 bridgehead atoms. The monoisotopic (exact) mass is 268 g/mol. The van der Waals surface area contributed by atoms with Crippen LogP contribution in [-0.4, -0.2) is 43.8 Å². The predicted octanol–water partition coefficient (Wildman–Crippen LogP) is 0.0159. The lowest BCUT2D eigenvalue weighted by Crippen LogP contribution is -2.43. The number of hydrogen-bond donors (Lipinski definition) is 1. The maximum atomic E-state index is 12.2. The molecule has 6 heteroatoms. The summed E-state index contributed by atoms with van der Waals surface area (Å²) in [6.45, 7) is 0.928. The molecule has 1 amide bonds. The standard InChI is InChI=1S/C12H16N2O3S/c13-9-10-2-1-3-11(8-10)12(15)14-4-6-18(16,17)7-5-14/h1-3,8H,4-7,9,13H2. The minimum atomic E-state index is -2.96. The molecular formula is C12H16N2O3S. The third kappa shape index (κ3) is 2.88. The molecule has 18 heavy (non-hydrogen) atoms. The molecule has 0 saturated carbocycles. The molecule has 0 aliphatic carbocycles. The molecule has 1 aromatic carbocycles. The Labute approximate surface area is 107 Å². The van der Waals surface area contributed by atoms with Crippen LogP contribution in [0.5, 0.6) is 0 Å². The van der Waals surface area contributed by atoms with E-state index >= 15 is 0 Å². The zero-order chi connectivity index (χ0) is 13.2. The Morgan fingerprint density at radius 2 is 1.94 bits per heavy atom. The van der Waals surface area contributed by atoms with E-state index in [1.54, 1.807) is 23.1 Å². The first-order valence-corrected chi connectivity index (χ1v) is 7.63. The predicted molar refractivity (Wildman–Crippen MR) is 68.9 cm³/mol. The Morgan fingerprint density at radius 1 is 1.28 bits per heavy atom. The largest absolute Gasteiger partial charge is 0.337 e. The minimum Gasteiger partial charge on any atom is -0.337 e. The van der Waals surface area contributed by atoms with Crippen LogP contribution in [-0.2, 0) is 16.4 Å². The summed E-state index contributed by atoms with van der Waals surface area (Å²) in [5.41, 5.74) is 6.99. The molecule has 2 N–H and O–H groups in total. The minimum absolute atomic E-state index is 0.0509. The molecule has 0 unspecified atom stereocenters. The first kappa shape index (κ1) is 13.0. The number of amides is 1. The van der Waals surface area contributed by atoms with Crippen LogP contribution in [0.25, 0.3) is 0 Å². The van der Waals surface area contributed by atoms with Gasteiger partial charge >= 0.3 is 0 Å². The second-order valence-electron chi connectivity index (χ2n) is 4.35. The zero-order valence-electron chi connectivity index (χ0n) is 10.0. The molecule has 0 radical (unpaired) electrons. The van der Waals surface area contributed by atoms with Gasteiger partial charge < -0.3 is 10.6 Å². The number of hydrogen-bond acceptors (Lipinski definition) is 4. The summed E-state index contributed by atoms with van der Waals surface area (Å²) in [5.74, 6) is -0.0230. The summed E-state index contributed by atoms with van der Waals surface area (Å²) in [4.78, 5) is 13.7. The van der Waals surface area contributed by atoms with E-state index in [-0.39, 0.29) is 30.5 Å². The van der Waals surface area contributed by atoms with Gasteiger partial charge in [0.25, 0.3) is 5.91 Å². The Bertz CT molecular complexity index is 540. The van der Waals surface area contributed by atoms with Gasteiger partial charge in [0, 0.05) is 25.2 Å². The van der Waals surface area contributed by atoms with Crippen molar-refractivity contribution in [1.29, 1.82) is 0 Å². The molecule has 98 valence electrons. The van der Waals surface area contributed by atoms with Crippen molar-refractivity contribution in [2.45, 2.75) is 6.54 Å². The van der Waals surface area contributed by atoms with Crippen molar-refractivity contribution in [3.8, 4) is 0 Å². The molecule has 1 heterocycles. The number of benzene rings is 1. The molecule has 5 nitrogen and oxygen atoms in total. The third-order valence-corrected chi connectivity index (χ3v) is 4.65. The zero-order valence-corrected chi connectivity index (χ0v) is 10.8. The van der Waals surface area contributed by atoms with Gasteiger partial charge in [-0.1, -0.05) is 12.1 Å². The fourth-order valence-electron chi connectivity index (χ4n) is 1.93. The molecule has 0 atom stereocenters. The van der Waals surface area contributed by atoms with Crippen molar-refractivity contribution in [1.82, 2.24) is 4.90 Å². The first-order valence-electron chi connectivity index (χ1n) is 5.80. The molecule has 1 fully saturated rings. The van der Waals surface area contributed by atoms with E-state index in [9.17, 15) is 13.2 Å². The number of carbonyl (C=O) groups excluding carboxylic acids is 1. The van der Waals surface area contributed by atoms with Gasteiger partial charge in [0.2, 0.25) is 0 Å². The lowest BCUT2D eigenvalue weighted by molar-refractivity contribution is 0.0770. The van der Waals surface area contributed by atoms with E-state index in [1.807, 2.05) is 6.07 Å². The molecule has 1 aliphatic rings. The topological polar surface area (TPSA) is 80.5 Å². The smallest absolute Gasteiger partial charge is 0.253 e. The molecule has 1 saturated heterocycles. The quantitative estimate of drug-likeness (QED) is 0.819. The fourth-order valence-corrected chi connectivity index (χ4v) is 3.13. The van der Waals surface area contributed by atoms with Gasteiger partial charge in [0.05, 0.1) is 11.5 Å². The molecule has 0 aromatic heterocycles. The van der Waals surface area contributed by atoms with Crippen molar-refractivity contribution in [3.63, 3.8) is 0 Å². The normalized spacial score (nSPS) is 18.6. The van der Waals surface area contributed by atoms with Crippen molar-refractivity contribution in [3.05, 3.63) is 35.4 Å². The highest BCUT2D eigenvalue weighted by molar-refractivity contribution is 7.91. The Balaban J connectivity index is 2.12. The highest BCUT2D eigenvalue weighted by Gasteiger charge is 2.25. The van der Waals surface area contributed by atoms with Crippen LogP contribution in [0.15, 0.2) is 24.3 Å². The van der Waals surface area contributed by atoms with Gasteiger partial charge in [0.1, 0.15) is 0 Å². The van der Waals surface area contributed by atoms with E-state index in [0.29, 0.717) is 12.1 Å². The highest BCUT2D eigenvalue weighted by atomic mass is 32.2. The van der Waals surface area contributed by atoms with Crippen LogP contribution >= 0.6 is 0 Å². The van der Waals surface area contributed by atoms with E-state index in [2.05, 4.69) is 0 Å². The third-order valence-electron chi connectivity index (χ3n) is 3.04. The van der Waals surface area contributed by atoms with Gasteiger partial charge in [-0.3, -0.25) is 4.79 Å².